The van der Waals surface area contributed by atoms with Crippen molar-refractivity contribution in [2.75, 3.05) is 7.05 Å². The summed E-state index contributed by atoms with van der Waals surface area (Å²) >= 11 is 0. The predicted octanol–water partition coefficient (Wildman–Crippen LogP) is 0.464. The molecule has 0 fully saturated rings. The fourth-order valence-corrected chi connectivity index (χ4v) is 1.67. The largest absolute Gasteiger partial charge is 0.335 e. The minimum atomic E-state index is 0.0306. The van der Waals surface area contributed by atoms with Crippen LogP contribution < -0.4 is 10.9 Å². The van der Waals surface area contributed by atoms with Crippen LogP contribution in [-0.4, -0.2) is 21.2 Å². The maximum absolute atomic E-state index is 11.5. The molecule has 0 spiro atoms. The third kappa shape index (κ3) is 3.04. The van der Waals surface area contributed by atoms with Gasteiger partial charge >= 0.3 is 0 Å². The Balaban J connectivity index is 1.98. The van der Waals surface area contributed by atoms with Gasteiger partial charge in [-0.1, -0.05) is 6.07 Å². The number of aromatic nitrogens is 3. The molecule has 0 aliphatic carbocycles. The molecule has 0 saturated carbocycles. The van der Waals surface area contributed by atoms with Crippen LogP contribution in [-0.2, 0) is 19.6 Å². The minimum Gasteiger partial charge on any atom is -0.335 e. The Morgan fingerprint density at radius 2 is 2.24 bits per heavy atom. The summed E-state index contributed by atoms with van der Waals surface area (Å²) in [7, 11) is 1.89. The van der Waals surface area contributed by atoms with Crippen molar-refractivity contribution < 1.29 is 0 Å². The molecule has 17 heavy (non-hydrogen) atoms. The highest BCUT2D eigenvalue weighted by molar-refractivity contribution is 4.96. The van der Waals surface area contributed by atoms with Crippen molar-refractivity contribution in [1.29, 1.82) is 0 Å². The summed E-state index contributed by atoms with van der Waals surface area (Å²) in [4.78, 5) is 15.7. The fraction of sp³-hybridized carbons (Fsp3) is 0.333. The lowest BCUT2D eigenvalue weighted by atomic mass is 10.4. The van der Waals surface area contributed by atoms with Crippen molar-refractivity contribution in [2.24, 2.45) is 0 Å². The summed E-state index contributed by atoms with van der Waals surface area (Å²) in [5, 5.41) is 3.05. The topological polar surface area (TPSA) is 51.9 Å². The molecule has 0 bridgehead atoms. The molecule has 0 aliphatic rings. The molecule has 0 unspecified atom stereocenters. The third-order valence-corrected chi connectivity index (χ3v) is 2.54. The monoisotopic (exact) mass is 232 g/mol. The molecule has 2 heterocycles. The van der Waals surface area contributed by atoms with Gasteiger partial charge in [-0.05, 0) is 13.1 Å². The van der Waals surface area contributed by atoms with Gasteiger partial charge in [0.2, 0.25) is 0 Å². The Morgan fingerprint density at radius 3 is 3.00 bits per heavy atom. The maximum Gasteiger partial charge on any atom is 0.250 e. The SMILES string of the molecule is CNCc1cn(CCn2ccccc2=O)cn1. The van der Waals surface area contributed by atoms with Gasteiger partial charge < -0.3 is 14.5 Å². The van der Waals surface area contributed by atoms with Crippen LogP contribution >= 0.6 is 0 Å². The predicted molar refractivity (Wildman–Crippen MR) is 65.7 cm³/mol. The Labute approximate surface area is 99.7 Å². The van der Waals surface area contributed by atoms with Gasteiger partial charge in [0.1, 0.15) is 0 Å². The molecule has 5 nitrogen and oxygen atoms in total. The third-order valence-electron chi connectivity index (χ3n) is 2.54. The highest BCUT2D eigenvalue weighted by atomic mass is 16.1. The quantitative estimate of drug-likeness (QED) is 0.815. The summed E-state index contributed by atoms with van der Waals surface area (Å²) in [6.07, 6.45) is 5.58. The lowest BCUT2D eigenvalue weighted by Gasteiger charge is -2.05. The fourth-order valence-electron chi connectivity index (χ4n) is 1.67. The summed E-state index contributed by atoms with van der Waals surface area (Å²) in [5.41, 5.74) is 1.04. The van der Waals surface area contributed by atoms with E-state index in [0.717, 1.165) is 18.8 Å². The Morgan fingerprint density at radius 1 is 1.35 bits per heavy atom. The molecular weight excluding hydrogens is 216 g/mol. The number of imidazole rings is 1. The van der Waals surface area contributed by atoms with Crippen molar-refractivity contribution in [3.8, 4) is 0 Å². The summed E-state index contributed by atoms with van der Waals surface area (Å²) in [6.45, 7) is 2.17. The zero-order valence-electron chi connectivity index (χ0n) is 9.84. The van der Waals surface area contributed by atoms with Gasteiger partial charge in [0.05, 0.1) is 12.0 Å². The zero-order chi connectivity index (χ0) is 12.1. The van der Waals surface area contributed by atoms with Gasteiger partial charge in [-0.3, -0.25) is 4.79 Å². The van der Waals surface area contributed by atoms with Crippen LogP contribution in [0.2, 0.25) is 0 Å². The van der Waals surface area contributed by atoms with Crippen molar-refractivity contribution in [2.45, 2.75) is 19.6 Å². The van der Waals surface area contributed by atoms with E-state index in [4.69, 9.17) is 0 Å². The van der Waals surface area contributed by atoms with Crippen LogP contribution in [0.5, 0.6) is 0 Å². The molecule has 0 radical (unpaired) electrons. The number of rotatable bonds is 5. The second-order valence-corrected chi connectivity index (χ2v) is 3.87. The average molecular weight is 232 g/mol. The molecule has 2 aromatic rings. The molecule has 1 N–H and O–H groups in total. The van der Waals surface area contributed by atoms with E-state index in [-0.39, 0.29) is 5.56 Å². The number of nitrogens with zero attached hydrogens (tertiary/aromatic N) is 3. The van der Waals surface area contributed by atoms with E-state index in [9.17, 15) is 4.79 Å². The Kier molecular flexibility index (Phi) is 3.72. The van der Waals surface area contributed by atoms with Crippen LogP contribution in [0.4, 0.5) is 0 Å². The highest BCUT2D eigenvalue weighted by Gasteiger charge is 1.98. The Hall–Kier alpha value is -1.88. The van der Waals surface area contributed by atoms with Gasteiger partial charge in [0.15, 0.2) is 0 Å². The first kappa shape index (κ1) is 11.6. The van der Waals surface area contributed by atoms with E-state index in [2.05, 4.69) is 10.3 Å². The highest BCUT2D eigenvalue weighted by Crippen LogP contribution is 1.96. The molecule has 5 heteroatoms. The van der Waals surface area contributed by atoms with Crippen LogP contribution in [0.3, 0.4) is 0 Å². The molecular formula is C12H16N4O. The van der Waals surface area contributed by atoms with Crippen LogP contribution in [0.25, 0.3) is 0 Å². The van der Waals surface area contributed by atoms with Crippen LogP contribution in [0.1, 0.15) is 5.69 Å². The van der Waals surface area contributed by atoms with E-state index < -0.39 is 0 Å². The number of nitrogens with one attached hydrogen (secondary N) is 1. The van der Waals surface area contributed by atoms with Gasteiger partial charge in [0, 0.05) is 38.1 Å². The summed E-state index contributed by atoms with van der Waals surface area (Å²) < 4.78 is 3.68. The van der Waals surface area contributed by atoms with E-state index >= 15 is 0 Å². The van der Waals surface area contributed by atoms with E-state index in [1.54, 1.807) is 29.2 Å². The van der Waals surface area contributed by atoms with E-state index in [1.807, 2.05) is 23.9 Å². The number of hydrogen-bond donors (Lipinski definition) is 1. The first-order valence-electron chi connectivity index (χ1n) is 5.60. The first-order chi connectivity index (χ1) is 8.29. The van der Waals surface area contributed by atoms with Gasteiger partial charge in [-0.25, -0.2) is 4.98 Å². The van der Waals surface area contributed by atoms with Crippen LogP contribution in [0, 0.1) is 0 Å². The Bertz CT molecular complexity index is 529. The molecule has 0 atom stereocenters. The van der Waals surface area contributed by atoms with Crippen molar-refractivity contribution in [3.05, 3.63) is 53.0 Å². The molecule has 0 amide bonds. The van der Waals surface area contributed by atoms with Gasteiger partial charge in [-0.15, -0.1) is 0 Å². The molecule has 2 aromatic heterocycles. The van der Waals surface area contributed by atoms with Gasteiger partial charge in [-0.2, -0.15) is 0 Å². The van der Waals surface area contributed by atoms with Gasteiger partial charge in [0.25, 0.3) is 5.56 Å². The minimum absolute atomic E-state index is 0.0306. The lowest BCUT2D eigenvalue weighted by Crippen LogP contribution is -2.20. The summed E-state index contributed by atoms with van der Waals surface area (Å²) in [5.74, 6) is 0. The smallest absolute Gasteiger partial charge is 0.250 e. The second-order valence-electron chi connectivity index (χ2n) is 3.87. The summed E-state index contributed by atoms with van der Waals surface area (Å²) in [6, 6.07) is 5.18. The average Bonchev–Trinajstić information content (AvgIpc) is 2.76. The van der Waals surface area contributed by atoms with Crippen LogP contribution in [0.15, 0.2) is 41.7 Å². The van der Waals surface area contributed by atoms with E-state index in [0.29, 0.717) is 6.54 Å². The second kappa shape index (κ2) is 5.45. The molecule has 0 aliphatic heterocycles. The standard InChI is InChI=1S/C12H16N4O/c1-13-8-11-9-15(10-14-11)6-7-16-5-3-2-4-12(16)17/h2-5,9-10,13H,6-8H2,1H3. The molecule has 0 saturated heterocycles. The molecule has 2 rings (SSSR count). The molecule has 0 aromatic carbocycles. The lowest BCUT2D eigenvalue weighted by molar-refractivity contribution is 0.564. The number of aryl methyl sites for hydroxylation is 2. The number of hydrogen-bond acceptors (Lipinski definition) is 3. The van der Waals surface area contributed by atoms with Crippen molar-refractivity contribution in [1.82, 2.24) is 19.4 Å². The zero-order valence-corrected chi connectivity index (χ0v) is 9.84. The normalized spacial score (nSPS) is 10.6. The van der Waals surface area contributed by atoms with Crippen molar-refractivity contribution >= 4 is 0 Å². The molecule has 90 valence electrons. The maximum atomic E-state index is 11.5. The van der Waals surface area contributed by atoms with E-state index in [1.165, 1.54) is 0 Å². The first-order valence-corrected chi connectivity index (χ1v) is 5.60. The number of pyridine rings is 1. The van der Waals surface area contributed by atoms with Crippen molar-refractivity contribution in [3.63, 3.8) is 0 Å².